The van der Waals surface area contributed by atoms with Crippen molar-refractivity contribution in [2.24, 2.45) is 7.05 Å². The van der Waals surface area contributed by atoms with Crippen LogP contribution in [0, 0.1) is 6.92 Å². The number of carbonyl (C=O) groups is 1. The first-order valence-corrected chi connectivity index (χ1v) is 9.80. The number of rotatable bonds is 5. The Bertz CT molecular complexity index is 1050. The minimum atomic E-state index is -0.215. The monoisotopic (exact) mass is 409 g/mol. The summed E-state index contributed by atoms with van der Waals surface area (Å²) in [6.45, 7) is 1.94. The van der Waals surface area contributed by atoms with Crippen LogP contribution >= 0.6 is 34.7 Å². The van der Waals surface area contributed by atoms with Crippen LogP contribution in [0.3, 0.4) is 0 Å². The third-order valence-electron chi connectivity index (χ3n) is 3.62. The number of benzene rings is 1. The van der Waals surface area contributed by atoms with Gasteiger partial charge in [0.25, 0.3) is 5.56 Å². The van der Waals surface area contributed by atoms with Crippen LogP contribution < -0.4 is 15.6 Å². The van der Waals surface area contributed by atoms with E-state index in [-0.39, 0.29) is 17.2 Å². The second-order valence-corrected chi connectivity index (χ2v) is 8.11. The first-order valence-electron chi connectivity index (χ1n) is 7.62. The SMILES string of the molecule is COc1ccc(NC(=O)CSc2nc3sc(C)cc3c(=O)n2C)cc1Cl. The molecule has 6 nitrogen and oxygen atoms in total. The van der Waals surface area contributed by atoms with Gasteiger partial charge in [0.1, 0.15) is 10.6 Å². The number of nitrogens with zero attached hydrogens (tertiary/aromatic N) is 2. The van der Waals surface area contributed by atoms with Crippen LogP contribution in [0.4, 0.5) is 5.69 Å². The molecule has 136 valence electrons. The zero-order valence-corrected chi connectivity index (χ0v) is 16.7. The molecule has 3 rings (SSSR count). The standard InChI is InChI=1S/C17H16ClN3O3S2/c1-9-6-11-15(26-9)20-17(21(2)16(11)23)25-8-14(22)19-10-4-5-13(24-3)12(18)7-10/h4-7H,8H2,1-3H3,(H,19,22). The molecule has 1 amide bonds. The lowest BCUT2D eigenvalue weighted by atomic mass is 10.3. The number of methoxy groups -OCH3 is 1. The van der Waals surface area contributed by atoms with Gasteiger partial charge in [-0.3, -0.25) is 14.2 Å². The first-order chi connectivity index (χ1) is 12.4. The fourth-order valence-electron chi connectivity index (χ4n) is 2.37. The third kappa shape index (κ3) is 3.87. The van der Waals surface area contributed by atoms with Crippen molar-refractivity contribution in [2.75, 3.05) is 18.2 Å². The Hall–Kier alpha value is -2.03. The van der Waals surface area contributed by atoms with Gasteiger partial charge >= 0.3 is 0 Å². The Morgan fingerprint density at radius 1 is 1.42 bits per heavy atom. The Kier molecular flexibility index (Phi) is 5.55. The predicted octanol–water partition coefficient (Wildman–Crippen LogP) is 3.70. The van der Waals surface area contributed by atoms with Crippen molar-refractivity contribution in [3.05, 3.63) is 44.5 Å². The number of carbonyl (C=O) groups excluding carboxylic acids is 1. The Morgan fingerprint density at radius 3 is 2.88 bits per heavy atom. The number of anilines is 1. The second-order valence-electron chi connectivity index (χ2n) is 5.52. The number of nitrogens with one attached hydrogen (secondary N) is 1. The van der Waals surface area contributed by atoms with Gasteiger partial charge in [-0.1, -0.05) is 23.4 Å². The summed E-state index contributed by atoms with van der Waals surface area (Å²) in [5, 5.41) is 4.30. The summed E-state index contributed by atoms with van der Waals surface area (Å²) in [6.07, 6.45) is 0. The summed E-state index contributed by atoms with van der Waals surface area (Å²) in [4.78, 5) is 30.8. The quantitative estimate of drug-likeness (QED) is 0.513. The van der Waals surface area contributed by atoms with E-state index in [1.165, 1.54) is 34.8 Å². The van der Waals surface area contributed by atoms with Crippen LogP contribution in [-0.2, 0) is 11.8 Å². The molecular formula is C17H16ClN3O3S2. The number of aryl methyl sites for hydroxylation is 1. The molecule has 26 heavy (non-hydrogen) atoms. The maximum atomic E-state index is 12.4. The Balaban J connectivity index is 1.71. The molecule has 2 heterocycles. The maximum absolute atomic E-state index is 12.4. The van der Waals surface area contributed by atoms with Crippen LogP contribution in [-0.4, -0.2) is 28.3 Å². The van der Waals surface area contributed by atoms with Crippen LogP contribution in [0.15, 0.2) is 34.2 Å². The lowest BCUT2D eigenvalue weighted by molar-refractivity contribution is -0.113. The van der Waals surface area contributed by atoms with Gasteiger partial charge in [0.15, 0.2) is 5.16 Å². The summed E-state index contributed by atoms with van der Waals surface area (Å²) < 4.78 is 6.55. The smallest absolute Gasteiger partial charge is 0.262 e. The van der Waals surface area contributed by atoms with Gasteiger partial charge in [-0.15, -0.1) is 11.3 Å². The largest absolute Gasteiger partial charge is 0.495 e. The van der Waals surface area contributed by atoms with E-state index >= 15 is 0 Å². The van der Waals surface area contributed by atoms with Crippen LogP contribution in [0.25, 0.3) is 10.2 Å². The van der Waals surface area contributed by atoms with Crippen LogP contribution in [0.5, 0.6) is 5.75 Å². The number of amides is 1. The Morgan fingerprint density at radius 2 is 2.19 bits per heavy atom. The molecule has 3 aromatic rings. The molecule has 0 aliphatic carbocycles. The molecule has 9 heteroatoms. The number of thioether (sulfide) groups is 1. The molecule has 1 N–H and O–H groups in total. The molecule has 2 aromatic heterocycles. The highest BCUT2D eigenvalue weighted by Crippen LogP contribution is 2.27. The first kappa shape index (κ1) is 18.8. The van der Waals surface area contributed by atoms with Crippen LogP contribution in [0.1, 0.15) is 4.88 Å². The highest BCUT2D eigenvalue weighted by Gasteiger charge is 2.13. The molecule has 0 unspecified atom stereocenters. The summed E-state index contributed by atoms with van der Waals surface area (Å²) in [5.74, 6) is 0.450. The minimum absolute atomic E-state index is 0.107. The van der Waals surface area contributed by atoms with E-state index in [4.69, 9.17) is 16.3 Å². The van der Waals surface area contributed by atoms with Crippen molar-refractivity contribution < 1.29 is 9.53 Å². The summed E-state index contributed by atoms with van der Waals surface area (Å²) in [6, 6.07) is 6.85. The molecule has 0 aliphatic heterocycles. The zero-order chi connectivity index (χ0) is 18.8. The van der Waals surface area contributed by atoms with E-state index in [1.54, 1.807) is 25.2 Å². The molecule has 0 spiro atoms. The lowest BCUT2D eigenvalue weighted by Crippen LogP contribution is -2.20. The summed E-state index contributed by atoms with van der Waals surface area (Å²) in [7, 11) is 3.19. The van der Waals surface area contributed by atoms with Gasteiger partial charge in [0, 0.05) is 17.6 Å². The number of halogens is 1. The average molecular weight is 410 g/mol. The van der Waals surface area contributed by atoms with Gasteiger partial charge < -0.3 is 10.1 Å². The van der Waals surface area contributed by atoms with E-state index in [9.17, 15) is 9.59 Å². The third-order valence-corrected chi connectivity index (χ3v) is 5.89. The van der Waals surface area contributed by atoms with Crippen molar-refractivity contribution >= 4 is 56.5 Å². The lowest BCUT2D eigenvalue weighted by Gasteiger charge is -2.09. The van der Waals surface area contributed by atoms with Gasteiger partial charge in [-0.05, 0) is 31.2 Å². The molecule has 0 saturated carbocycles. The number of fused-ring (bicyclic) bond motifs is 1. The van der Waals surface area contributed by atoms with Crippen molar-refractivity contribution in [2.45, 2.75) is 12.1 Å². The normalized spacial score (nSPS) is 10.9. The van der Waals surface area contributed by atoms with Crippen LogP contribution in [0.2, 0.25) is 5.02 Å². The average Bonchev–Trinajstić information content (AvgIpc) is 2.97. The highest BCUT2D eigenvalue weighted by atomic mass is 35.5. The topological polar surface area (TPSA) is 73.2 Å². The maximum Gasteiger partial charge on any atom is 0.262 e. The van der Waals surface area contributed by atoms with Crippen molar-refractivity contribution in [3.63, 3.8) is 0 Å². The minimum Gasteiger partial charge on any atom is -0.495 e. The van der Waals surface area contributed by atoms with E-state index in [1.807, 2.05) is 13.0 Å². The molecule has 0 saturated heterocycles. The Labute approximate surface area is 163 Å². The molecule has 0 fully saturated rings. The van der Waals surface area contributed by atoms with E-state index in [0.29, 0.717) is 31.8 Å². The van der Waals surface area contributed by atoms with Crippen molar-refractivity contribution in [1.82, 2.24) is 9.55 Å². The number of hydrogen-bond donors (Lipinski definition) is 1. The van der Waals surface area contributed by atoms with Crippen molar-refractivity contribution in [3.8, 4) is 5.75 Å². The zero-order valence-electron chi connectivity index (χ0n) is 14.3. The molecule has 0 bridgehead atoms. The van der Waals surface area contributed by atoms with Gasteiger partial charge in [-0.2, -0.15) is 0 Å². The summed E-state index contributed by atoms with van der Waals surface area (Å²) in [5.41, 5.74) is 0.469. The van der Waals surface area contributed by atoms with Gasteiger partial charge in [-0.25, -0.2) is 4.98 Å². The molecule has 1 aromatic carbocycles. The highest BCUT2D eigenvalue weighted by molar-refractivity contribution is 7.99. The number of aromatic nitrogens is 2. The fraction of sp³-hybridized carbons (Fsp3) is 0.235. The fourth-order valence-corrected chi connectivity index (χ4v) is 4.32. The molecule has 0 atom stereocenters. The molecule has 0 aliphatic rings. The summed E-state index contributed by atoms with van der Waals surface area (Å²) >= 11 is 8.73. The number of ether oxygens (including phenoxy) is 1. The second kappa shape index (κ2) is 7.69. The number of thiophene rings is 1. The van der Waals surface area contributed by atoms with E-state index < -0.39 is 0 Å². The van der Waals surface area contributed by atoms with Crippen molar-refractivity contribution in [1.29, 1.82) is 0 Å². The van der Waals surface area contributed by atoms with E-state index in [0.717, 1.165) is 4.88 Å². The van der Waals surface area contributed by atoms with E-state index in [2.05, 4.69) is 10.3 Å². The molecule has 0 radical (unpaired) electrons. The molecular weight excluding hydrogens is 394 g/mol. The van der Waals surface area contributed by atoms with Gasteiger partial charge in [0.05, 0.1) is 23.3 Å². The predicted molar refractivity (Wildman–Crippen MR) is 107 cm³/mol. The van der Waals surface area contributed by atoms with Gasteiger partial charge in [0.2, 0.25) is 5.91 Å². The number of hydrogen-bond acceptors (Lipinski definition) is 6.